The van der Waals surface area contributed by atoms with E-state index in [-0.39, 0.29) is 12.1 Å². The van der Waals surface area contributed by atoms with Gasteiger partial charge in [0.25, 0.3) is 0 Å². The number of aliphatic hydroxyl groups excluding tert-OH is 1. The van der Waals surface area contributed by atoms with Crippen LogP contribution in [0.25, 0.3) is 5.65 Å². The van der Waals surface area contributed by atoms with Crippen molar-refractivity contribution in [1.29, 1.82) is 0 Å². The molecular weight excluding hydrogens is 284 g/mol. The Morgan fingerprint density at radius 1 is 1.43 bits per heavy atom. The molecule has 0 aromatic carbocycles. The molecule has 21 heavy (non-hydrogen) atoms. The van der Waals surface area contributed by atoms with Crippen molar-refractivity contribution in [2.24, 2.45) is 5.92 Å². The highest BCUT2D eigenvalue weighted by Crippen LogP contribution is 2.42. The van der Waals surface area contributed by atoms with E-state index in [1.54, 1.807) is 11.8 Å². The summed E-state index contributed by atoms with van der Waals surface area (Å²) in [4.78, 5) is 0. The van der Waals surface area contributed by atoms with E-state index in [1.165, 1.54) is 12.8 Å². The summed E-state index contributed by atoms with van der Waals surface area (Å²) >= 11 is 1.67. The number of hydrogen-bond donors (Lipinski definition) is 2. The average Bonchev–Trinajstić information content (AvgIpc) is 3.30. The molecule has 2 aromatic heterocycles. The molecule has 1 atom stereocenters. The highest BCUT2D eigenvalue weighted by atomic mass is 32.2. The van der Waals surface area contributed by atoms with Gasteiger partial charge < -0.3 is 10.4 Å². The van der Waals surface area contributed by atoms with Crippen LogP contribution in [0.1, 0.15) is 26.2 Å². The second-order valence-electron chi connectivity index (χ2n) is 5.72. The Balaban J connectivity index is 1.74. The van der Waals surface area contributed by atoms with Crippen LogP contribution in [0, 0.1) is 5.92 Å². The number of aliphatic hydroxyl groups is 1. The SMILES string of the molecule is CCCNC(CO)(CSc1nnc2ccccn12)C1CC1. The van der Waals surface area contributed by atoms with Crippen LogP contribution in [0.4, 0.5) is 0 Å². The van der Waals surface area contributed by atoms with E-state index >= 15 is 0 Å². The number of aromatic nitrogens is 3. The maximum absolute atomic E-state index is 9.94. The molecule has 0 amide bonds. The lowest BCUT2D eigenvalue weighted by Crippen LogP contribution is -2.53. The maximum atomic E-state index is 9.94. The number of nitrogens with one attached hydrogen (secondary N) is 1. The smallest absolute Gasteiger partial charge is 0.195 e. The summed E-state index contributed by atoms with van der Waals surface area (Å²) in [6.45, 7) is 3.28. The lowest BCUT2D eigenvalue weighted by Gasteiger charge is -2.33. The fourth-order valence-corrected chi connectivity index (χ4v) is 3.87. The molecule has 0 radical (unpaired) electrons. The fourth-order valence-electron chi connectivity index (χ4n) is 2.66. The molecular formula is C15H22N4OS. The predicted molar refractivity (Wildman–Crippen MR) is 84.5 cm³/mol. The summed E-state index contributed by atoms with van der Waals surface area (Å²) in [7, 11) is 0. The van der Waals surface area contributed by atoms with Crippen LogP contribution in [0.3, 0.4) is 0 Å². The first kappa shape index (κ1) is 14.8. The van der Waals surface area contributed by atoms with Crippen molar-refractivity contribution in [3.8, 4) is 0 Å². The third kappa shape index (κ3) is 3.07. The van der Waals surface area contributed by atoms with Gasteiger partial charge in [-0.2, -0.15) is 0 Å². The number of thioether (sulfide) groups is 1. The van der Waals surface area contributed by atoms with Gasteiger partial charge in [-0.05, 0) is 43.9 Å². The first-order valence-corrected chi connectivity index (χ1v) is 8.56. The van der Waals surface area contributed by atoms with E-state index in [4.69, 9.17) is 0 Å². The van der Waals surface area contributed by atoms with Gasteiger partial charge in [0.05, 0.1) is 12.1 Å². The van der Waals surface area contributed by atoms with E-state index in [0.29, 0.717) is 5.92 Å². The Kier molecular flexibility index (Phi) is 4.47. The molecule has 3 rings (SSSR count). The average molecular weight is 306 g/mol. The summed E-state index contributed by atoms with van der Waals surface area (Å²) in [6, 6.07) is 5.89. The maximum Gasteiger partial charge on any atom is 0.195 e. The van der Waals surface area contributed by atoms with Crippen LogP contribution in [-0.4, -0.2) is 44.1 Å². The number of fused-ring (bicyclic) bond motifs is 1. The summed E-state index contributed by atoms with van der Waals surface area (Å²) in [5.74, 6) is 1.41. The fraction of sp³-hybridized carbons (Fsp3) is 0.600. The molecule has 114 valence electrons. The van der Waals surface area contributed by atoms with E-state index in [1.807, 2.05) is 28.8 Å². The van der Waals surface area contributed by atoms with Crippen molar-refractivity contribution in [2.75, 3.05) is 18.9 Å². The minimum atomic E-state index is -0.179. The van der Waals surface area contributed by atoms with Gasteiger partial charge in [-0.25, -0.2) is 0 Å². The van der Waals surface area contributed by atoms with Gasteiger partial charge in [-0.15, -0.1) is 10.2 Å². The van der Waals surface area contributed by atoms with Crippen molar-refractivity contribution < 1.29 is 5.11 Å². The lowest BCUT2D eigenvalue weighted by molar-refractivity contribution is 0.159. The molecule has 0 bridgehead atoms. The van der Waals surface area contributed by atoms with Gasteiger partial charge >= 0.3 is 0 Å². The molecule has 2 N–H and O–H groups in total. The summed E-state index contributed by atoms with van der Waals surface area (Å²) < 4.78 is 2.00. The monoisotopic (exact) mass is 306 g/mol. The second-order valence-corrected chi connectivity index (χ2v) is 6.66. The van der Waals surface area contributed by atoms with Crippen molar-refractivity contribution in [2.45, 2.75) is 36.9 Å². The van der Waals surface area contributed by atoms with Crippen LogP contribution in [0.15, 0.2) is 29.6 Å². The van der Waals surface area contributed by atoms with Gasteiger partial charge in [0.15, 0.2) is 10.8 Å². The van der Waals surface area contributed by atoms with Gasteiger partial charge in [0.2, 0.25) is 0 Å². The first-order valence-electron chi connectivity index (χ1n) is 7.57. The van der Waals surface area contributed by atoms with Crippen LogP contribution in [0.2, 0.25) is 0 Å². The van der Waals surface area contributed by atoms with Crippen LogP contribution in [0.5, 0.6) is 0 Å². The lowest BCUT2D eigenvalue weighted by atomic mass is 9.96. The zero-order valence-electron chi connectivity index (χ0n) is 12.3. The molecule has 0 saturated heterocycles. The van der Waals surface area contributed by atoms with Crippen LogP contribution < -0.4 is 5.32 Å². The van der Waals surface area contributed by atoms with Gasteiger partial charge in [-0.3, -0.25) is 4.40 Å². The molecule has 1 saturated carbocycles. The Hall–Kier alpha value is -1.11. The van der Waals surface area contributed by atoms with E-state index in [2.05, 4.69) is 22.4 Å². The normalized spacial score (nSPS) is 18.0. The topological polar surface area (TPSA) is 62.5 Å². The minimum Gasteiger partial charge on any atom is -0.394 e. The summed E-state index contributed by atoms with van der Waals surface area (Å²) in [5, 5.41) is 22.8. The highest BCUT2D eigenvalue weighted by molar-refractivity contribution is 7.99. The predicted octanol–water partition coefficient (Wildman–Crippen LogP) is 1.96. The van der Waals surface area contributed by atoms with Crippen molar-refractivity contribution in [3.63, 3.8) is 0 Å². The highest BCUT2D eigenvalue weighted by Gasteiger charge is 2.44. The molecule has 1 fully saturated rings. The molecule has 1 aliphatic carbocycles. The molecule has 2 heterocycles. The Morgan fingerprint density at radius 3 is 3.00 bits per heavy atom. The van der Waals surface area contributed by atoms with E-state index in [0.717, 1.165) is 29.5 Å². The molecule has 1 aliphatic rings. The molecule has 2 aromatic rings. The minimum absolute atomic E-state index is 0.179. The van der Waals surface area contributed by atoms with Crippen molar-refractivity contribution in [3.05, 3.63) is 24.4 Å². The summed E-state index contributed by atoms with van der Waals surface area (Å²) in [6.07, 6.45) is 5.47. The number of nitrogens with zero attached hydrogens (tertiary/aromatic N) is 3. The molecule has 5 nitrogen and oxygen atoms in total. The Bertz CT molecular complexity index is 598. The third-order valence-corrected chi connectivity index (χ3v) is 5.31. The van der Waals surface area contributed by atoms with Gasteiger partial charge in [0.1, 0.15) is 0 Å². The van der Waals surface area contributed by atoms with Crippen molar-refractivity contribution in [1.82, 2.24) is 19.9 Å². The number of rotatable bonds is 8. The number of hydrogen-bond acceptors (Lipinski definition) is 5. The third-order valence-electron chi connectivity index (χ3n) is 4.11. The first-order chi connectivity index (χ1) is 10.3. The van der Waals surface area contributed by atoms with E-state index in [9.17, 15) is 5.11 Å². The molecule has 0 spiro atoms. The molecule has 1 unspecified atom stereocenters. The van der Waals surface area contributed by atoms with E-state index < -0.39 is 0 Å². The summed E-state index contributed by atoms with van der Waals surface area (Å²) in [5.41, 5.74) is 0.684. The van der Waals surface area contributed by atoms with Crippen LogP contribution >= 0.6 is 11.8 Å². The Labute approximate surface area is 129 Å². The quantitative estimate of drug-likeness (QED) is 0.730. The zero-order chi connectivity index (χ0) is 14.7. The zero-order valence-corrected chi connectivity index (χ0v) is 13.1. The second kappa shape index (κ2) is 6.34. The Morgan fingerprint density at radius 2 is 2.29 bits per heavy atom. The van der Waals surface area contributed by atoms with Crippen LogP contribution in [-0.2, 0) is 0 Å². The molecule has 6 heteroatoms. The largest absolute Gasteiger partial charge is 0.394 e. The standard InChI is InChI=1S/C15H22N4OS/c1-2-8-16-15(10-20,12-6-7-12)11-21-14-18-17-13-5-3-4-9-19(13)14/h3-5,9,12,16,20H,2,6-8,10-11H2,1H3. The van der Waals surface area contributed by atoms with Crippen molar-refractivity contribution >= 4 is 17.4 Å². The van der Waals surface area contributed by atoms with Gasteiger partial charge in [0, 0.05) is 11.9 Å². The van der Waals surface area contributed by atoms with Gasteiger partial charge in [-0.1, -0.05) is 24.8 Å². The number of pyridine rings is 1. The molecule has 0 aliphatic heterocycles.